The van der Waals surface area contributed by atoms with Crippen molar-refractivity contribution < 1.29 is 24.6 Å². The van der Waals surface area contributed by atoms with Crippen LogP contribution in [0.5, 0.6) is 0 Å². The van der Waals surface area contributed by atoms with Crippen LogP contribution in [0, 0.1) is 0 Å². The van der Waals surface area contributed by atoms with Crippen molar-refractivity contribution >= 4 is 39.4 Å². The van der Waals surface area contributed by atoms with Crippen molar-refractivity contribution in [3.05, 3.63) is 35.4 Å². The van der Waals surface area contributed by atoms with Crippen LogP contribution in [0.4, 0.5) is 0 Å². The molecule has 26 heavy (non-hydrogen) atoms. The van der Waals surface area contributed by atoms with Crippen LogP contribution in [0.2, 0.25) is 0 Å². The Balaban J connectivity index is 1.76. The third kappa shape index (κ3) is 6.92. The van der Waals surface area contributed by atoms with E-state index in [9.17, 15) is 19.5 Å². The Labute approximate surface area is 160 Å². The van der Waals surface area contributed by atoms with Gasteiger partial charge in [-0.15, -0.1) is 0 Å². The molecule has 2 atom stereocenters. The maximum absolute atomic E-state index is 12.0. The molecule has 142 valence electrons. The molecule has 1 aromatic rings. The minimum Gasteiger partial charge on any atom is -0.480 e. The van der Waals surface area contributed by atoms with Gasteiger partial charge in [0.1, 0.15) is 6.04 Å². The average Bonchev–Trinajstić information content (AvgIpc) is 3.12. The molecule has 2 unspecified atom stereocenters. The van der Waals surface area contributed by atoms with Crippen LogP contribution in [0.3, 0.4) is 0 Å². The monoisotopic (exact) mass is 397 g/mol. The van der Waals surface area contributed by atoms with Crippen LogP contribution in [0.25, 0.3) is 0 Å². The lowest BCUT2D eigenvalue weighted by Gasteiger charge is -2.15. The molecule has 0 aromatic heterocycles. The van der Waals surface area contributed by atoms with Gasteiger partial charge >= 0.3 is 11.9 Å². The van der Waals surface area contributed by atoms with E-state index in [2.05, 4.69) is 5.32 Å². The number of rotatable bonds is 10. The standard InChI is InChI=1S/C18H23NO5S2/c20-16(4-2-1-3-14-9-10-25-26-14)19-15(18(23)24)11-12-5-7-13(8-6-12)17(21)22/h5-8,14-15H,1-4,9-11H2,(H,19,20)(H,21,22)(H,23,24). The number of carbonyl (C=O) groups is 3. The number of carboxylic acids is 2. The number of aliphatic carboxylic acids is 1. The normalized spacial score (nSPS) is 17.6. The summed E-state index contributed by atoms with van der Waals surface area (Å²) in [4.78, 5) is 34.3. The van der Waals surface area contributed by atoms with Crippen molar-refractivity contribution in [2.24, 2.45) is 0 Å². The van der Waals surface area contributed by atoms with Crippen LogP contribution in [-0.4, -0.2) is 45.1 Å². The Morgan fingerprint density at radius 2 is 1.88 bits per heavy atom. The molecule has 1 heterocycles. The smallest absolute Gasteiger partial charge is 0.335 e. The summed E-state index contributed by atoms with van der Waals surface area (Å²) in [5.74, 6) is -1.19. The second-order valence-corrected chi connectivity index (χ2v) is 9.03. The van der Waals surface area contributed by atoms with Gasteiger partial charge in [0, 0.05) is 23.8 Å². The quantitative estimate of drug-likeness (QED) is 0.411. The molecule has 0 bridgehead atoms. The van der Waals surface area contributed by atoms with Crippen LogP contribution >= 0.6 is 21.6 Å². The third-order valence-corrected chi connectivity index (χ3v) is 7.19. The molecule has 1 aliphatic rings. The molecular formula is C18H23NO5S2. The van der Waals surface area contributed by atoms with Gasteiger partial charge in [0.15, 0.2) is 0 Å². The van der Waals surface area contributed by atoms with E-state index in [0.29, 0.717) is 17.2 Å². The molecule has 0 radical (unpaired) electrons. The molecule has 1 fully saturated rings. The maximum Gasteiger partial charge on any atom is 0.335 e. The molecule has 6 nitrogen and oxygen atoms in total. The Bertz CT molecular complexity index is 629. The highest BCUT2D eigenvalue weighted by Gasteiger charge is 2.21. The first kappa shape index (κ1) is 20.6. The first-order valence-electron chi connectivity index (χ1n) is 8.58. The molecule has 0 saturated carbocycles. The predicted octanol–water partition coefficient (Wildman–Crippen LogP) is 3.21. The summed E-state index contributed by atoms with van der Waals surface area (Å²) in [5.41, 5.74) is 0.807. The largest absolute Gasteiger partial charge is 0.480 e. The van der Waals surface area contributed by atoms with Crippen LogP contribution in [0.15, 0.2) is 24.3 Å². The molecule has 8 heteroatoms. The van der Waals surface area contributed by atoms with Gasteiger partial charge in [-0.1, -0.05) is 40.1 Å². The van der Waals surface area contributed by atoms with Gasteiger partial charge in [0.05, 0.1) is 5.56 Å². The van der Waals surface area contributed by atoms with Crippen molar-refractivity contribution in [1.82, 2.24) is 5.32 Å². The van der Waals surface area contributed by atoms with Crippen molar-refractivity contribution in [2.75, 3.05) is 5.75 Å². The number of unbranched alkanes of at least 4 members (excludes halogenated alkanes) is 1. The zero-order chi connectivity index (χ0) is 18.9. The first-order valence-corrected chi connectivity index (χ1v) is 11.0. The van der Waals surface area contributed by atoms with Crippen molar-refractivity contribution in [1.29, 1.82) is 0 Å². The Morgan fingerprint density at radius 1 is 1.15 bits per heavy atom. The second-order valence-electron chi connectivity index (χ2n) is 6.24. The molecule has 3 N–H and O–H groups in total. The van der Waals surface area contributed by atoms with Gasteiger partial charge in [0.25, 0.3) is 0 Å². The number of aromatic carboxylic acids is 1. The van der Waals surface area contributed by atoms with E-state index in [1.165, 1.54) is 24.3 Å². The number of hydrogen-bond donors (Lipinski definition) is 3. The number of amides is 1. The summed E-state index contributed by atoms with van der Waals surface area (Å²) in [5, 5.41) is 21.5. The SMILES string of the molecule is O=C(CCCCC1CCSS1)NC(Cc1ccc(C(=O)O)cc1)C(=O)O. The zero-order valence-electron chi connectivity index (χ0n) is 14.3. The minimum atomic E-state index is -1.10. The molecule has 2 rings (SSSR count). The van der Waals surface area contributed by atoms with Crippen molar-refractivity contribution in [2.45, 2.75) is 49.8 Å². The van der Waals surface area contributed by atoms with E-state index in [0.717, 1.165) is 19.3 Å². The van der Waals surface area contributed by atoms with Crippen LogP contribution in [0.1, 0.15) is 48.0 Å². The van der Waals surface area contributed by atoms with E-state index >= 15 is 0 Å². The molecule has 0 aliphatic carbocycles. The number of hydrogen-bond acceptors (Lipinski definition) is 5. The van der Waals surface area contributed by atoms with Gasteiger partial charge in [0.2, 0.25) is 5.91 Å². The molecule has 1 aromatic carbocycles. The summed E-state index contributed by atoms with van der Waals surface area (Å²) in [6.07, 6.45) is 4.50. The lowest BCUT2D eigenvalue weighted by molar-refractivity contribution is -0.141. The van der Waals surface area contributed by atoms with Gasteiger partial charge in [-0.25, -0.2) is 9.59 Å². The van der Waals surface area contributed by atoms with Gasteiger partial charge < -0.3 is 15.5 Å². The van der Waals surface area contributed by atoms with Gasteiger partial charge in [-0.3, -0.25) is 4.79 Å². The van der Waals surface area contributed by atoms with Gasteiger partial charge in [-0.2, -0.15) is 0 Å². The van der Waals surface area contributed by atoms with Crippen LogP contribution in [-0.2, 0) is 16.0 Å². The minimum absolute atomic E-state index is 0.122. The highest BCUT2D eigenvalue weighted by Crippen LogP contribution is 2.39. The lowest BCUT2D eigenvalue weighted by atomic mass is 10.0. The zero-order valence-corrected chi connectivity index (χ0v) is 16.0. The highest BCUT2D eigenvalue weighted by atomic mass is 33.1. The van der Waals surface area contributed by atoms with E-state index < -0.39 is 18.0 Å². The van der Waals surface area contributed by atoms with Gasteiger partial charge in [-0.05, 0) is 37.0 Å². The molecule has 1 aliphatic heterocycles. The second kappa shape index (κ2) is 10.5. The summed E-state index contributed by atoms with van der Waals surface area (Å²) in [6, 6.07) is 4.99. The summed E-state index contributed by atoms with van der Waals surface area (Å²) in [6.45, 7) is 0. The Hall–Kier alpha value is -1.67. The van der Waals surface area contributed by atoms with Crippen LogP contribution < -0.4 is 5.32 Å². The molecule has 1 amide bonds. The molecule has 0 spiro atoms. The summed E-state index contributed by atoms with van der Waals surface area (Å²) < 4.78 is 0. The number of carboxylic acid groups (broad SMARTS) is 2. The van der Waals surface area contributed by atoms with E-state index in [1.807, 2.05) is 21.6 Å². The Morgan fingerprint density at radius 3 is 2.46 bits per heavy atom. The predicted molar refractivity (Wildman–Crippen MR) is 104 cm³/mol. The fourth-order valence-corrected chi connectivity index (χ4v) is 5.74. The highest BCUT2D eigenvalue weighted by molar-refractivity contribution is 8.77. The number of nitrogens with one attached hydrogen (secondary N) is 1. The molecular weight excluding hydrogens is 374 g/mol. The van der Waals surface area contributed by atoms with E-state index in [-0.39, 0.29) is 17.9 Å². The lowest BCUT2D eigenvalue weighted by Crippen LogP contribution is -2.42. The summed E-state index contributed by atoms with van der Waals surface area (Å²) >= 11 is 0. The first-order chi connectivity index (χ1) is 12.5. The summed E-state index contributed by atoms with van der Waals surface area (Å²) in [7, 11) is 3.82. The van der Waals surface area contributed by atoms with E-state index in [4.69, 9.17) is 5.11 Å². The van der Waals surface area contributed by atoms with Crippen molar-refractivity contribution in [3.63, 3.8) is 0 Å². The molecule has 1 saturated heterocycles. The maximum atomic E-state index is 12.0. The topological polar surface area (TPSA) is 104 Å². The average molecular weight is 398 g/mol. The van der Waals surface area contributed by atoms with E-state index in [1.54, 1.807) is 12.1 Å². The third-order valence-electron chi connectivity index (χ3n) is 4.18. The number of benzene rings is 1. The Kier molecular flexibility index (Phi) is 8.31. The number of carbonyl (C=O) groups excluding carboxylic acids is 1. The fraction of sp³-hybridized carbons (Fsp3) is 0.500. The van der Waals surface area contributed by atoms with Crippen molar-refractivity contribution in [3.8, 4) is 0 Å². The fourth-order valence-electron chi connectivity index (χ4n) is 2.71.